The molecule has 0 saturated heterocycles. The summed E-state index contributed by atoms with van der Waals surface area (Å²) in [6.07, 6.45) is 0. The molecule has 0 bridgehead atoms. The number of anilines is 1. The lowest BCUT2D eigenvalue weighted by Crippen LogP contribution is -2.42. The Morgan fingerprint density at radius 2 is 1.70 bits per heavy atom. The zero-order chi connectivity index (χ0) is 17.0. The third-order valence-corrected chi connectivity index (χ3v) is 3.38. The van der Waals surface area contributed by atoms with Crippen molar-refractivity contribution in [2.45, 2.75) is 13.0 Å². The first-order chi connectivity index (χ1) is 10.9. The molecule has 120 valence electrons. The fraction of sp³-hybridized carbons (Fsp3) is 0.125. The number of hydrogen-bond donors (Lipinski definition) is 2. The Labute approximate surface area is 136 Å². The second-order valence-corrected chi connectivity index (χ2v) is 5.17. The van der Waals surface area contributed by atoms with E-state index in [0.717, 1.165) is 6.07 Å². The van der Waals surface area contributed by atoms with Gasteiger partial charge >= 0.3 is 0 Å². The van der Waals surface area contributed by atoms with Crippen LogP contribution in [0.2, 0.25) is 5.02 Å². The second-order valence-electron chi connectivity index (χ2n) is 4.76. The monoisotopic (exact) mass is 338 g/mol. The predicted molar refractivity (Wildman–Crippen MR) is 83.4 cm³/mol. The van der Waals surface area contributed by atoms with Crippen molar-refractivity contribution in [1.82, 2.24) is 5.32 Å². The van der Waals surface area contributed by atoms with Gasteiger partial charge in [0.2, 0.25) is 5.91 Å². The van der Waals surface area contributed by atoms with Gasteiger partial charge < -0.3 is 10.6 Å². The number of carbonyl (C=O) groups is 2. The summed E-state index contributed by atoms with van der Waals surface area (Å²) in [6.45, 7) is 1.39. The molecule has 2 N–H and O–H groups in total. The van der Waals surface area contributed by atoms with Gasteiger partial charge in [-0.3, -0.25) is 9.59 Å². The van der Waals surface area contributed by atoms with Crippen LogP contribution < -0.4 is 10.6 Å². The van der Waals surface area contributed by atoms with Crippen LogP contribution in [0.3, 0.4) is 0 Å². The molecule has 0 heterocycles. The molecule has 7 heteroatoms. The summed E-state index contributed by atoms with van der Waals surface area (Å²) in [5.74, 6) is -2.87. The van der Waals surface area contributed by atoms with E-state index in [0.29, 0.717) is 0 Å². The maximum Gasteiger partial charge on any atom is 0.256 e. The number of benzene rings is 2. The maximum absolute atomic E-state index is 13.7. The topological polar surface area (TPSA) is 58.2 Å². The van der Waals surface area contributed by atoms with Crippen LogP contribution in [0.25, 0.3) is 0 Å². The SMILES string of the molecule is CC(NC(=O)c1c(F)cccc1Cl)C(=O)Nc1ccccc1F. The quantitative estimate of drug-likeness (QED) is 0.898. The molecule has 2 amide bonds. The average molecular weight is 339 g/mol. The van der Waals surface area contributed by atoms with Crippen LogP contribution in [0.15, 0.2) is 42.5 Å². The highest BCUT2D eigenvalue weighted by atomic mass is 35.5. The Morgan fingerprint density at radius 3 is 2.35 bits per heavy atom. The molecule has 2 aromatic carbocycles. The molecule has 0 aliphatic heterocycles. The van der Waals surface area contributed by atoms with Gasteiger partial charge in [0, 0.05) is 0 Å². The van der Waals surface area contributed by atoms with E-state index < -0.39 is 29.5 Å². The molecule has 4 nitrogen and oxygen atoms in total. The normalized spacial score (nSPS) is 11.7. The van der Waals surface area contributed by atoms with Gasteiger partial charge in [0.15, 0.2) is 0 Å². The molecule has 1 unspecified atom stereocenters. The van der Waals surface area contributed by atoms with Gasteiger partial charge in [-0.2, -0.15) is 0 Å². The van der Waals surface area contributed by atoms with E-state index in [1.807, 2.05) is 0 Å². The lowest BCUT2D eigenvalue weighted by molar-refractivity contribution is -0.117. The molecule has 0 saturated carbocycles. The van der Waals surface area contributed by atoms with Crippen molar-refractivity contribution in [3.63, 3.8) is 0 Å². The minimum atomic E-state index is -1.02. The van der Waals surface area contributed by atoms with Gasteiger partial charge in [-0.25, -0.2) is 8.78 Å². The summed E-state index contributed by atoms with van der Waals surface area (Å²) in [5.41, 5.74) is -0.359. The molecular formula is C16H13ClF2N2O2. The van der Waals surface area contributed by atoms with Crippen LogP contribution in [0.5, 0.6) is 0 Å². The number of halogens is 3. The van der Waals surface area contributed by atoms with Crippen molar-refractivity contribution in [2.24, 2.45) is 0 Å². The number of rotatable bonds is 4. The van der Waals surface area contributed by atoms with Crippen LogP contribution in [0.4, 0.5) is 14.5 Å². The lowest BCUT2D eigenvalue weighted by Gasteiger charge is -2.15. The summed E-state index contributed by atoms with van der Waals surface area (Å²) in [5, 5.41) is 4.59. The molecule has 23 heavy (non-hydrogen) atoms. The van der Waals surface area contributed by atoms with Crippen molar-refractivity contribution in [2.75, 3.05) is 5.32 Å². The number of carbonyl (C=O) groups excluding carboxylic acids is 2. The molecule has 2 rings (SSSR count). The Bertz CT molecular complexity index is 732. The van der Waals surface area contributed by atoms with Crippen LogP contribution >= 0.6 is 11.6 Å². The largest absolute Gasteiger partial charge is 0.340 e. The van der Waals surface area contributed by atoms with E-state index in [4.69, 9.17) is 11.6 Å². The van der Waals surface area contributed by atoms with Gasteiger partial charge in [0.05, 0.1) is 16.3 Å². The maximum atomic E-state index is 13.7. The third kappa shape index (κ3) is 4.04. The highest BCUT2D eigenvalue weighted by Gasteiger charge is 2.21. The minimum Gasteiger partial charge on any atom is -0.340 e. The smallest absolute Gasteiger partial charge is 0.256 e. The molecule has 0 aromatic heterocycles. The Morgan fingerprint density at radius 1 is 1.04 bits per heavy atom. The summed E-state index contributed by atoms with van der Waals surface area (Å²) in [7, 11) is 0. The Hall–Kier alpha value is -2.47. The first-order valence-electron chi connectivity index (χ1n) is 6.70. The number of para-hydroxylation sites is 1. The van der Waals surface area contributed by atoms with E-state index in [1.165, 1.54) is 37.3 Å². The van der Waals surface area contributed by atoms with Crippen LogP contribution in [0.1, 0.15) is 17.3 Å². The van der Waals surface area contributed by atoms with E-state index in [-0.39, 0.29) is 16.3 Å². The molecule has 0 aliphatic carbocycles. The first-order valence-corrected chi connectivity index (χ1v) is 7.08. The third-order valence-electron chi connectivity index (χ3n) is 3.06. The van der Waals surface area contributed by atoms with Gasteiger partial charge in [-0.1, -0.05) is 29.8 Å². The zero-order valence-corrected chi connectivity index (χ0v) is 12.8. The van der Waals surface area contributed by atoms with Crippen LogP contribution in [0, 0.1) is 11.6 Å². The van der Waals surface area contributed by atoms with Gasteiger partial charge in [-0.05, 0) is 31.2 Å². The van der Waals surface area contributed by atoms with Crippen LogP contribution in [-0.2, 0) is 4.79 Å². The summed E-state index contributed by atoms with van der Waals surface area (Å²) in [4.78, 5) is 24.0. The van der Waals surface area contributed by atoms with E-state index in [2.05, 4.69) is 10.6 Å². The molecule has 0 fully saturated rings. The molecule has 0 radical (unpaired) electrons. The van der Waals surface area contributed by atoms with Crippen molar-refractivity contribution < 1.29 is 18.4 Å². The zero-order valence-electron chi connectivity index (χ0n) is 12.1. The first kappa shape index (κ1) is 16.9. The van der Waals surface area contributed by atoms with Gasteiger partial charge in [-0.15, -0.1) is 0 Å². The average Bonchev–Trinajstić information content (AvgIpc) is 2.49. The summed E-state index contributed by atoms with van der Waals surface area (Å²) in [6, 6.07) is 8.42. The molecule has 0 spiro atoms. The van der Waals surface area contributed by atoms with Crippen molar-refractivity contribution >= 4 is 29.1 Å². The van der Waals surface area contributed by atoms with Crippen molar-refractivity contribution in [1.29, 1.82) is 0 Å². The Balaban J connectivity index is 2.06. The number of amides is 2. The highest BCUT2D eigenvalue weighted by Crippen LogP contribution is 2.19. The van der Waals surface area contributed by atoms with E-state index >= 15 is 0 Å². The fourth-order valence-corrected chi connectivity index (χ4v) is 2.10. The van der Waals surface area contributed by atoms with Crippen molar-refractivity contribution in [3.05, 3.63) is 64.7 Å². The molecule has 0 aliphatic rings. The minimum absolute atomic E-state index is 0.0116. The predicted octanol–water partition coefficient (Wildman–Crippen LogP) is 3.38. The molecule has 1 atom stereocenters. The van der Waals surface area contributed by atoms with E-state index in [1.54, 1.807) is 6.07 Å². The number of hydrogen-bond acceptors (Lipinski definition) is 2. The van der Waals surface area contributed by atoms with Gasteiger partial charge in [0.1, 0.15) is 17.7 Å². The van der Waals surface area contributed by atoms with Gasteiger partial charge in [0.25, 0.3) is 5.91 Å². The molecule has 2 aromatic rings. The summed E-state index contributed by atoms with van der Waals surface area (Å²) < 4.78 is 27.1. The van der Waals surface area contributed by atoms with E-state index in [9.17, 15) is 18.4 Å². The summed E-state index contributed by atoms with van der Waals surface area (Å²) >= 11 is 5.79. The second kappa shape index (κ2) is 7.19. The lowest BCUT2D eigenvalue weighted by atomic mass is 10.1. The van der Waals surface area contributed by atoms with Crippen LogP contribution in [-0.4, -0.2) is 17.9 Å². The van der Waals surface area contributed by atoms with Crippen molar-refractivity contribution in [3.8, 4) is 0 Å². The fourth-order valence-electron chi connectivity index (χ4n) is 1.85. The highest BCUT2D eigenvalue weighted by molar-refractivity contribution is 6.33. The Kier molecular flexibility index (Phi) is 5.28. The standard InChI is InChI=1S/C16H13ClF2N2O2/c1-9(15(22)21-13-8-3-2-6-11(13)18)20-16(23)14-10(17)5-4-7-12(14)19/h2-9H,1H3,(H,20,23)(H,21,22). The molecular weight excluding hydrogens is 326 g/mol. The number of nitrogens with one attached hydrogen (secondary N) is 2.